The molecule has 25 heavy (non-hydrogen) atoms. The van der Waals surface area contributed by atoms with Gasteiger partial charge in [-0.3, -0.25) is 4.79 Å². The minimum atomic E-state index is -0.0144. The first-order valence-corrected chi connectivity index (χ1v) is 8.38. The zero-order valence-corrected chi connectivity index (χ0v) is 14.3. The van der Waals surface area contributed by atoms with Crippen LogP contribution >= 0.6 is 0 Å². The molecule has 0 N–H and O–H groups in total. The summed E-state index contributed by atoms with van der Waals surface area (Å²) in [5.41, 5.74) is 2.27. The van der Waals surface area contributed by atoms with Crippen molar-refractivity contribution in [2.24, 2.45) is 0 Å². The Balaban J connectivity index is 1.67. The summed E-state index contributed by atoms with van der Waals surface area (Å²) >= 11 is 0. The molecule has 1 aliphatic heterocycles. The van der Waals surface area contributed by atoms with Crippen molar-refractivity contribution in [2.45, 2.75) is 18.9 Å². The lowest BCUT2D eigenvalue weighted by Gasteiger charge is -2.25. The maximum Gasteiger partial charge on any atom is 0.259 e. The van der Waals surface area contributed by atoms with Gasteiger partial charge in [0.1, 0.15) is 11.4 Å². The topological polar surface area (TPSA) is 66.6 Å². The fourth-order valence-electron chi connectivity index (χ4n) is 3.38. The van der Waals surface area contributed by atoms with Crippen LogP contribution in [-0.4, -0.2) is 51.0 Å². The van der Waals surface area contributed by atoms with E-state index in [-0.39, 0.29) is 11.9 Å². The Morgan fingerprint density at radius 2 is 2.16 bits per heavy atom. The Kier molecular flexibility index (Phi) is 3.83. The van der Waals surface area contributed by atoms with Crippen LogP contribution in [0.2, 0.25) is 0 Å². The molecule has 0 aliphatic carbocycles. The fraction of sp³-hybridized carbons (Fsp3) is 0.333. The summed E-state index contributed by atoms with van der Waals surface area (Å²) < 4.78 is 1.63. The van der Waals surface area contributed by atoms with Crippen molar-refractivity contribution in [2.75, 3.05) is 25.5 Å². The molecule has 7 nitrogen and oxygen atoms in total. The lowest BCUT2D eigenvalue weighted by atomic mass is 10.1. The van der Waals surface area contributed by atoms with E-state index in [1.54, 1.807) is 29.2 Å². The number of anilines is 1. The predicted molar refractivity (Wildman–Crippen MR) is 94.6 cm³/mol. The van der Waals surface area contributed by atoms with Gasteiger partial charge in [0.05, 0.1) is 12.2 Å². The smallest absolute Gasteiger partial charge is 0.259 e. The molecular weight excluding hydrogens is 316 g/mol. The molecule has 128 valence electrons. The quantitative estimate of drug-likeness (QED) is 0.733. The molecule has 4 rings (SSSR count). The monoisotopic (exact) mass is 336 g/mol. The van der Waals surface area contributed by atoms with Crippen LogP contribution in [0.25, 0.3) is 5.65 Å². The average Bonchev–Trinajstić information content (AvgIpc) is 3.28. The van der Waals surface area contributed by atoms with E-state index in [2.05, 4.69) is 21.1 Å². The molecule has 4 heterocycles. The lowest BCUT2D eigenvalue weighted by molar-refractivity contribution is 0.0737. The van der Waals surface area contributed by atoms with Gasteiger partial charge in [-0.15, -0.1) is 0 Å². The number of carbonyl (C=O) groups excluding carboxylic acids is 1. The van der Waals surface area contributed by atoms with Crippen LogP contribution in [0.3, 0.4) is 0 Å². The molecule has 0 radical (unpaired) electrons. The van der Waals surface area contributed by atoms with E-state index in [4.69, 9.17) is 0 Å². The highest BCUT2D eigenvalue weighted by atomic mass is 16.2. The van der Waals surface area contributed by atoms with Crippen molar-refractivity contribution in [3.8, 4) is 0 Å². The zero-order valence-electron chi connectivity index (χ0n) is 14.3. The lowest BCUT2D eigenvalue weighted by Crippen LogP contribution is -2.30. The number of nitrogens with zero attached hydrogens (tertiary/aromatic N) is 6. The minimum Gasteiger partial charge on any atom is -0.363 e. The van der Waals surface area contributed by atoms with Crippen LogP contribution in [0.4, 0.5) is 5.82 Å². The van der Waals surface area contributed by atoms with E-state index in [0.717, 1.165) is 30.8 Å². The molecule has 3 aromatic heterocycles. The molecule has 1 saturated heterocycles. The normalized spacial score (nSPS) is 17.2. The van der Waals surface area contributed by atoms with Gasteiger partial charge in [-0.2, -0.15) is 5.10 Å². The molecule has 0 saturated carbocycles. The second kappa shape index (κ2) is 6.16. The Morgan fingerprint density at radius 1 is 1.28 bits per heavy atom. The number of pyridine rings is 1. The van der Waals surface area contributed by atoms with Gasteiger partial charge in [-0.25, -0.2) is 14.5 Å². The third-order valence-corrected chi connectivity index (χ3v) is 4.64. The van der Waals surface area contributed by atoms with Crippen LogP contribution < -0.4 is 4.90 Å². The number of hydrogen-bond donors (Lipinski definition) is 0. The second-order valence-corrected chi connectivity index (χ2v) is 6.44. The molecule has 0 bridgehead atoms. The molecule has 7 heteroatoms. The predicted octanol–water partition coefficient (Wildman–Crippen LogP) is 2.17. The minimum absolute atomic E-state index is 0.0144. The number of aromatic nitrogens is 4. The Bertz CT molecular complexity index is 919. The highest BCUT2D eigenvalue weighted by Crippen LogP contribution is 2.34. The average molecular weight is 336 g/mol. The van der Waals surface area contributed by atoms with E-state index >= 15 is 0 Å². The number of rotatable bonds is 3. The number of fused-ring (bicyclic) bond motifs is 1. The van der Waals surface area contributed by atoms with Gasteiger partial charge in [0, 0.05) is 39.2 Å². The molecule has 1 unspecified atom stereocenters. The molecule has 1 amide bonds. The third kappa shape index (κ3) is 2.71. The van der Waals surface area contributed by atoms with Crippen LogP contribution in [0.15, 0.2) is 43.0 Å². The van der Waals surface area contributed by atoms with Crippen molar-refractivity contribution >= 4 is 17.4 Å². The maximum absolute atomic E-state index is 13.1. The number of hydrogen-bond acceptors (Lipinski definition) is 5. The second-order valence-electron chi connectivity index (χ2n) is 6.44. The molecule has 1 atom stereocenters. The molecule has 1 fully saturated rings. The largest absolute Gasteiger partial charge is 0.363 e. The summed E-state index contributed by atoms with van der Waals surface area (Å²) in [6, 6.07) is 5.92. The SMILES string of the molecule is CN(C)c1cc(C2CCCN2C(=O)c2cnn3cccnc23)ccn1. The van der Waals surface area contributed by atoms with Crippen molar-refractivity contribution < 1.29 is 4.79 Å². The van der Waals surface area contributed by atoms with Crippen LogP contribution in [-0.2, 0) is 0 Å². The van der Waals surface area contributed by atoms with Crippen molar-refractivity contribution in [1.82, 2.24) is 24.5 Å². The van der Waals surface area contributed by atoms with Gasteiger partial charge in [-0.1, -0.05) is 0 Å². The van der Waals surface area contributed by atoms with E-state index in [9.17, 15) is 4.79 Å². The first-order chi connectivity index (χ1) is 12.1. The van der Waals surface area contributed by atoms with E-state index in [0.29, 0.717) is 11.2 Å². The summed E-state index contributed by atoms with van der Waals surface area (Å²) in [5.74, 6) is 0.883. The van der Waals surface area contributed by atoms with Gasteiger partial charge in [0.15, 0.2) is 5.65 Å². The number of likely N-dealkylation sites (tertiary alicyclic amines) is 1. The van der Waals surface area contributed by atoms with Gasteiger partial charge in [0.25, 0.3) is 5.91 Å². The van der Waals surface area contributed by atoms with Crippen LogP contribution in [0, 0.1) is 0 Å². The van der Waals surface area contributed by atoms with Gasteiger partial charge >= 0.3 is 0 Å². The Hall–Kier alpha value is -2.96. The standard InChI is InChI=1S/C18H20N6O/c1-22(2)16-11-13(6-8-19-16)15-5-3-9-23(15)18(25)14-12-21-24-10-4-7-20-17(14)24/h4,6-8,10-12,15H,3,5,9H2,1-2H3. The summed E-state index contributed by atoms with van der Waals surface area (Å²) in [6.07, 6.45) is 8.84. The van der Waals surface area contributed by atoms with Gasteiger partial charge in [-0.05, 0) is 36.6 Å². The van der Waals surface area contributed by atoms with E-state index in [1.807, 2.05) is 36.2 Å². The summed E-state index contributed by atoms with van der Waals surface area (Å²) in [7, 11) is 3.93. The Labute approximate surface area is 145 Å². The van der Waals surface area contributed by atoms with Crippen molar-refractivity contribution in [1.29, 1.82) is 0 Å². The van der Waals surface area contributed by atoms with Crippen LogP contribution in [0.5, 0.6) is 0 Å². The third-order valence-electron chi connectivity index (χ3n) is 4.64. The maximum atomic E-state index is 13.1. The number of carbonyl (C=O) groups is 1. The molecule has 0 aromatic carbocycles. The fourth-order valence-corrected chi connectivity index (χ4v) is 3.38. The van der Waals surface area contributed by atoms with Crippen LogP contribution in [0.1, 0.15) is 34.8 Å². The van der Waals surface area contributed by atoms with Crippen molar-refractivity contribution in [3.05, 3.63) is 54.1 Å². The first-order valence-electron chi connectivity index (χ1n) is 8.38. The number of amides is 1. The molecule has 1 aliphatic rings. The summed E-state index contributed by atoms with van der Waals surface area (Å²) in [6.45, 7) is 0.743. The summed E-state index contributed by atoms with van der Waals surface area (Å²) in [4.78, 5) is 25.7. The Morgan fingerprint density at radius 3 is 3.00 bits per heavy atom. The van der Waals surface area contributed by atoms with Crippen molar-refractivity contribution in [3.63, 3.8) is 0 Å². The highest BCUT2D eigenvalue weighted by Gasteiger charge is 2.32. The summed E-state index contributed by atoms with van der Waals surface area (Å²) in [5, 5.41) is 4.24. The van der Waals surface area contributed by atoms with E-state index in [1.165, 1.54) is 0 Å². The molecular formula is C18H20N6O. The van der Waals surface area contributed by atoms with Gasteiger partial charge in [0.2, 0.25) is 0 Å². The molecule has 0 spiro atoms. The highest BCUT2D eigenvalue weighted by molar-refractivity contribution is 6.00. The van der Waals surface area contributed by atoms with Gasteiger partial charge < -0.3 is 9.80 Å². The zero-order chi connectivity index (χ0) is 17.4. The first kappa shape index (κ1) is 15.6. The molecule has 3 aromatic rings. The van der Waals surface area contributed by atoms with E-state index < -0.39 is 0 Å².